The van der Waals surface area contributed by atoms with E-state index in [2.05, 4.69) is 35.8 Å². The average molecular weight is 267 g/mol. The van der Waals surface area contributed by atoms with Crippen LogP contribution in [-0.2, 0) is 4.74 Å². The molecule has 0 saturated heterocycles. The molecule has 0 fully saturated rings. The van der Waals surface area contributed by atoms with E-state index in [4.69, 9.17) is 4.74 Å². The summed E-state index contributed by atoms with van der Waals surface area (Å²) in [5.41, 5.74) is 0.852. The van der Waals surface area contributed by atoms with Crippen molar-refractivity contribution in [2.75, 3.05) is 6.54 Å². The molecule has 1 N–H and O–H groups in total. The summed E-state index contributed by atoms with van der Waals surface area (Å²) in [7, 11) is 0. The normalized spacial score (nSPS) is 11.8. The van der Waals surface area contributed by atoms with Gasteiger partial charge >= 0.3 is 6.09 Å². The van der Waals surface area contributed by atoms with Gasteiger partial charge < -0.3 is 10.1 Å². The van der Waals surface area contributed by atoms with Crippen LogP contribution in [0.5, 0.6) is 0 Å². The molecule has 1 aromatic rings. The predicted molar refractivity (Wildman–Crippen MR) is 76.9 cm³/mol. The van der Waals surface area contributed by atoms with Gasteiger partial charge in [0.25, 0.3) is 0 Å². The van der Waals surface area contributed by atoms with Crippen molar-refractivity contribution in [2.24, 2.45) is 0 Å². The van der Waals surface area contributed by atoms with Gasteiger partial charge in [0.05, 0.1) is 0 Å². The number of carbonyl (C=O) groups excluding carboxylic acids is 1. The van der Waals surface area contributed by atoms with Crippen LogP contribution in [0.15, 0.2) is 17.5 Å². The van der Waals surface area contributed by atoms with Gasteiger partial charge in [-0.1, -0.05) is 6.08 Å². The van der Waals surface area contributed by atoms with Gasteiger partial charge in [-0.2, -0.15) is 0 Å². The van der Waals surface area contributed by atoms with Crippen LogP contribution in [0.4, 0.5) is 4.79 Å². The van der Waals surface area contributed by atoms with Crippen LogP contribution in [0.25, 0.3) is 6.08 Å². The predicted octanol–water partition coefficient (Wildman–Crippen LogP) is 3.98. The summed E-state index contributed by atoms with van der Waals surface area (Å²) in [6.07, 6.45) is 4.60. The number of hydrogen-bond donors (Lipinski definition) is 1. The van der Waals surface area contributed by atoms with Gasteiger partial charge in [-0.15, -0.1) is 11.3 Å². The number of amides is 1. The molecule has 0 unspecified atom stereocenters. The molecule has 18 heavy (non-hydrogen) atoms. The van der Waals surface area contributed by atoms with E-state index >= 15 is 0 Å². The average Bonchev–Trinajstić information content (AvgIpc) is 2.61. The Bertz CT molecular complexity index is 416. The minimum absolute atomic E-state index is 0.358. The van der Waals surface area contributed by atoms with Crippen LogP contribution >= 0.6 is 11.3 Å². The lowest BCUT2D eigenvalue weighted by Gasteiger charge is -2.19. The Balaban J connectivity index is 2.21. The van der Waals surface area contributed by atoms with Gasteiger partial charge in [-0.3, -0.25) is 0 Å². The van der Waals surface area contributed by atoms with Crippen LogP contribution in [0, 0.1) is 6.92 Å². The Kier molecular flexibility index (Phi) is 5.41. The van der Waals surface area contributed by atoms with Crippen molar-refractivity contribution in [1.29, 1.82) is 0 Å². The van der Waals surface area contributed by atoms with E-state index in [1.165, 1.54) is 10.4 Å². The third-order valence-corrected chi connectivity index (χ3v) is 3.13. The molecule has 100 valence electrons. The molecule has 0 atom stereocenters. The van der Waals surface area contributed by atoms with Gasteiger partial charge in [-0.05, 0) is 57.2 Å². The summed E-state index contributed by atoms with van der Waals surface area (Å²) in [6.45, 7) is 8.25. The number of nitrogens with one attached hydrogen (secondary N) is 1. The highest BCUT2D eigenvalue weighted by Gasteiger charge is 2.15. The SMILES string of the molecule is Cc1ccsc1C=CCCNC(=O)OC(C)(C)C. The maximum absolute atomic E-state index is 11.3. The van der Waals surface area contributed by atoms with Crippen molar-refractivity contribution < 1.29 is 9.53 Å². The van der Waals surface area contributed by atoms with E-state index in [-0.39, 0.29) is 6.09 Å². The Labute approximate surface area is 113 Å². The molecular formula is C14H21NO2S. The minimum Gasteiger partial charge on any atom is -0.444 e. The van der Waals surface area contributed by atoms with Gasteiger partial charge in [0, 0.05) is 11.4 Å². The third kappa shape index (κ3) is 5.87. The summed E-state index contributed by atoms with van der Waals surface area (Å²) < 4.78 is 5.14. The highest BCUT2D eigenvalue weighted by Crippen LogP contribution is 2.17. The van der Waals surface area contributed by atoms with Crippen molar-refractivity contribution in [1.82, 2.24) is 5.32 Å². The molecule has 1 amide bonds. The van der Waals surface area contributed by atoms with Crippen molar-refractivity contribution in [2.45, 2.75) is 39.7 Å². The fraction of sp³-hybridized carbons (Fsp3) is 0.500. The standard InChI is InChI=1S/C14H21NO2S/c1-11-8-10-18-12(11)7-5-6-9-15-13(16)17-14(2,3)4/h5,7-8,10H,6,9H2,1-4H3,(H,15,16). The summed E-state index contributed by atoms with van der Waals surface area (Å²) in [5, 5.41) is 4.80. The number of rotatable bonds is 4. The van der Waals surface area contributed by atoms with Crippen molar-refractivity contribution in [3.05, 3.63) is 28.0 Å². The van der Waals surface area contributed by atoms with Crippen LogP contribution < -0.4 is 5.32 Å². The van der Waals surface area contributed by atoms with Crippen LogP contribution in [0.1, 0.15) is 37.6 Å². The quantitative estimate of drug-likeness (QED) is 0.838. The molecule has 4 heteroatoms. The number of thiophene rings is 1. The molecule has 0 saturated carbocycles. The lowest BCUT2D eigenvalue weighted by atomic mass is 10.2. The van der Waals surface area contributed by atoms with E-state index in [0.717, 1.165) is 6.42 Å². The smallest absolute Gasteiger partial charge is 0.407 e. The highest BCUT2D eigenvalue weighted by molar-refractivity contribution is 7.11. The number of alkyl carbamates (subject to hydrolysis) is 1. The Hall–Kier alpha value is -1.29. The first-order valence-electron chi connectivity index (χ1n) is 6.06. The Morgan fingerprint density at radius 1 is 1.50 bits per heavy atom. The lowest BCUT2D eigenvalue weighted by Crippen LogP contribution is -2.32. The second-order valence-electron chi connectivity index (χ2n) is 5.09. The zero-order chi connectivity index (χ0) is 13.6. The molecule has 0 aromatic carbocycles. The fourth-order valence-corrected chi connectivity index (χ4v) is 2.16. The summed E-state index contributed by atoms with van der Waals surface area (Å²) in [6, 6.07) is 2.10. The molecule has 0 radical (unpaired) electrons. The Morgan fingerprint density at radius 2 is 2.22 bits per heavy atom. The number of ether oxygens (including phenoxy) is 1. The monoisotopic (exact) mass is 267 g/mol. The molecular weight excluding hydrogens is 246 g/mol. The molecule has 0 aliphatic heterocycles. The van der Waals surface area contributed by atoms with Crippen molar-refractivity contribution >= 4 is 23.5 Å². The second-order valence-corrected chi connectivity index (χ2v) is 6.04. The number of carbonyl (C=O) groups is 1. The summed E-state index contributed by atoms with van der Waals surface area (Å²) in [5.74, 6) is 0. The number of aryl methyl sites for hydroxylation is 1. The van der Waals surface area contributed by atoms with Gasteiger partial charge in [-0.25, -0.2) is 4.79 Å². The molecule has 0 aliphatic carbocycles. The molecule has 1 aromatic heterocycles. The van der Waals surface area contributed by atoms with Crippen LogP contribution in [-0.4, -0.2) is 18.2 Å². The highest BCUT2D eigenvalue weighted by atomic mass is 32.1. The lowest BCUT2D eigenvalue weighted by molar-refractivity contribution is 0.0529. The molecule has 1 rings (SSSR count). The first-order valence-corrected chi connectivity index (χ1v) is 6.94. The molecule has 0 aliphatic rings. The van der Waals surface area contributed by atoms with E-state index in [0.29, 0.717) is 6.54 Å². The van der Waals surface area contributed by atoms with Gasteiger partial charge in [0.15, 0.2) is 0 Å². The van der Waals surface area contributed by atoms with Gasteiger partial charge in [0.2, 0.25) is 0 Å². The zero-order valence-corrected chi connectivity index (χ0v) is 12.3. The first-order chi connectivity index (χ1) is 8.38. The largest absolute Gasteiger partial charge is 0.444 e. The van der Waals surface area contributed by atoms with Gasteiger partial charge in [0.1, 0.15) is 5.60 Å². The minimum atomic E-state index is -0.437. The van der Waals surface area contributed by atoms with Crippen molar-refractivity contribution in [3.8, 4) is 0 Å². The fourth-order valence-electron chi connectivity index (χ4n) is 1.32. The molecule has 3 nitrogen and oxygen atoms in total. The Morgan fingerprint density at radius 3 is 2.78 bits per heavy atom. The molecule has 0 bridgehead atoms. The molecule has 0 spiro atoms. The summed E-state index contributed by atoms with van der Waals surface area (Å²) >= 11 is 1.72. The second kappa shape index (κ2) is 6.59. The van der Waals surface area contributed by atoms with E-state index < -0.39 is 5.60 Å². The summed E-state index contributed by atoms with van der Waals surface area (Å²) in [4.78, 5) is 12.6. The topological polar surface area (TPSA) is 38.3 Å². The van der Waals surface area contributed by atoms with E-state index in [1.807, 2.05) is 20.8 Å². The maximum atomic E-state index is 11.3. The number of hydrogen-bond acceptors (Lipinski definition) is 3. The third-order valence-electron chi connectivity index (χ3n) is 2.15. The first kappa shape index (κ1) is 14.8. The molecule has 1 heterocycles. The van der Waals surface area contributed by atoms with E-state index in [9.17, 15) is 4.79 Å². The maximum Gasteiger partial charge on any atom is 0.407 e. The van der Waals surface area contributed by atoms with Crippen LogP contribution in [0.2, 0.25) is 0 Å². The van der Waals surface area contributed by atoms with Crippen LogP contribution in [0.3, 0.4) is 0 Å². The van der Waals surface area contributed by atoms with E-state index in [1.54, 1.807) is 11.3 Å². The zero-order valence-electron chi connectivity index (χ0n) is 11.4. The van der Waals surface area contributed by atoms with Crippen molar-refractivity contribution in [3.63, 3.8) is 0 Å².